The third-order valence-corrected chi connectivity index (χ3v) is 4.69. The Hall–Kier alpha value is -0.420. The van der Waals surface area contributed by atoms with Crippen LogP contribution >= 0.6 is 31.9 Å². The van der Waals surface area contributed by atoms with Crippen LogP contribution in [0.15, 0.2) is 30.3 Å². The van der Waals surface area contributed by atoms with Crippen LogP contribution in [-0.4, -0.2) is 9.37 Å². The van der Waals surface area contributed by atoms with Gasteiger partial charge in [0.15, 0.2) is 0 Å². The van der Waals surface area contributed by atoms with E-state index in [0.717, 1.165) is 5.56 Å². The number of rotatable bonds is 3. The van der Waals surface area contributed by atoms with Crippen LogP contribution in [0, 0.1) is 10.1 Å². The van der Waals surface area contributed by atoms with Crippen LogP contribution in [0.25, 0.3) is 0 Å². The molecule has 1 aromatic carbocycles. The van der Waals surface area contributed by atoms with Gasteiger partial charge >= 0.3 is 0 Å². The standard InChI is InChI=1S/C9H9Br2NO2/c1-9(11,12(13)14)8(10)7-5-3-2-4-6-7/h2-6,8H,1H3/t8-,9+/m1/s1. The molecule has 0 aliphatic heterocycles. The van der Waals surface area contributed by atoms with Crippen LogP contribution in [0.2, 0.25) is 0 Å². The molecule has 0 aliphatic carbocycles. The number of nitro groups is 1. The summed E-state index contributed by atoms with van der Waals surface area (Å²) in [5.41, 5.74) is 0.878. The minimum Gasteiger partial charge on any atom is -0.263 e. The summed E-state index contributed by atoms with van der Waals surface area (Å²) in [5.74, 6) is 0. The monoisotopic (exact) mass is 321 g/mol. The second-order valence-electron chi connectivity index (χ2n) is 3.05. The van der Waals surface area contributed by atoms with Gasteiger partial charge in [0.25, 0.3) is 4.45 Å². The van der Waals surface area contributed by atoms with E-state index in [1.165, 1.54) is 6.92 Å². The van der Waals surface area contributed by atoms with Crippen molar-refractivity contribution in [2.45, 2.75) is 16.2 Å². The summed E-state index contributed by atoms with van der Waals surface area (Å²) in [5, 5.41) is 10.8. The predicted octanol–water partition coefficient (Wildman–Crippen LogP) is 3.51. The maximum atomic E-state index is 10.8. The molecule has 0 aliphatic rings. The lowest BCUT2D eigenvalue weighted by molar-refractivity contribution is -0.530. The van der Waals surface area contributed by atoms with Crippen molar-refractivity contribution in [3.63, 3.8) is 0 Å². The van der Waals surface area contributed by atoms with Crippen LogP contribution in [0.5, 0.6) is 0 Å². The topological polar surface area (TPSA) is 43.1 Å². The molecule has 1 aromatic rings. The van der Waals surface area contributed by atoms with Gasteiger partial charge in [-0.3, -0.25) is 10.1 Å². The first kappa shape index (κ1) is 11.7. The van der Waals surface area contributed by atoms with E-state index in [1.54, 1.807) is 0 Å². The molecule has 0 radical (unpaired) electrons. The van der Waals surface area contributed by atoms with Crippen molar-refractivity contribution in [3.8, 4) is 0 Å². The Kier molecular flexibility index (Phi) is 3.66. The van der Waals surface area contributed by atoms with E-state index in [0.29, 0.717) is 0 Å². The molecular formula is C9H9Br2NO2. The Balaban J connectivity index is 2.96. The molecule has 0 saturated carbocycles. The number of benzene rings is 1. The van der Waals surface area contributed by atoms with Gasteiger partial charge in [0.05, 0.1) is 0 Å². The maximum absolute atomic E-state index is 10.8. The van der Waals surface area contributed by atoms with Crippen molar-refractivity contribution in [2.24, 2.45) is 0 Å². The molecule has 0 N–H and O–H groups in total. The first-order valence-electron chi connectivity index (χ1n) is 3.98. The molecule has 0 aromatic heterocycles. The molecule has 76 valence electrons. The molecule has 2 atom stereocenters. The highest BCUT2D eigenvalue weighted by molar-refractivity contribution is 9.12. The van der Waals surface area contributed by atoms with Gasteiger partial charge in [-0.25, -0.2) is 0 Å². The highest BCUT2D eigenvalue weighted by Gasteiger charge is 2.42. The summed E-state index contributed by atoms with van der Waals surface area (Å²) >= 11 is 6.42. The summed E-state index contributed by atoms with van der Waals surface area (Å²) in [6, 6.07) is 9.28. The van der Waals surface area contributed by atoms with E-state index in [4.69, 9.17) is 0 Å². The number of nitrogens with zero attached hydrogens (tertiary/aromatic N) is 1. The molecular weight excluding hydrogens is 314 g/mol. The van der Waals surface area contributed by atoms with Gasteiger partial charge in [-0.15, -0.1) is 0 Å². The number of alkyl halides is 2. The van der Waals surface area contributed by atoms with Gasteiger partial charge in [-0.1, -0.05) is 46.3 Å². The van der Waals surface area contributed by atoms with Crippen molar-refractivity contribution in [3.05, 3.63) is 46.0 Å². The molecule has 14 heavy (non-hydrogen) atoms. The molecule has 0 fully saturated rings. The lowest BCUT2D eigenvalue weighted by atomic mass is 10.1. The van der Waals surface area contributed by atoms with E-state index in [-0.39, 0.29) is 9.75 Å². The molecule has 0 saturated heterocycles. The lowest BCUT2D eigenvalue weighted by Gasteiger charge is -2.19. The summed E-state index contributed by atoms with van der Waals surface area (Å²) in [6.45, 7) is 1.53. The zero-order chi connectivity index (χ0) is 10.8. The van der Waals surface area contributed by atoms with Gasteiger partial charge in [0.2, 0.25) is 0 Å². The van der Waals surface area contributed by atoms with Crippen molar-refractivity contribution >= 4 is 31.9 Å². The predicted molar refractivity (Wildman–Crippen MR) is 62.4 cm³/mol. The van der Waals surface area contributed by atoms with E-state index in [1.807, 2.05) is 30.3 Å². The third kappa shape index (κ3) is 2.33. The Labute approximate surface area is 98.9 Å². The fraction of sp³-hybridized carbons (Fsp3) is 0.333. The van der Waals surface area contributed by atoms with Gasteiger partial charge in [-0.2, -0.15) is 0 Å². The molecule has 0 unspecified atom stereocenters. The first-order chi connectivity index (χ1) is 6.46. The second-order valence-corrected chi connectivity index (χ2v) is 5.58. The van der Waals surface area contributed by atoms with Crippen molar-refractivity contribution in [1.82, 2.24) is 0 Å². The van der Waals surface area contributed by atoms with Gasteiger partial charge < -0.3 is 0 Å². The highest BCUT2D eigenvalue weighted by Crippen LogP contribution is 2.40. The zero-order valence-corrected chi connectivity index (χ0v) is 10.7. The quantitative estimate of drug-likeness (QED) is 0.370. The van der Waals surface area contributed by atoms with Crippen molar-refractivity contribution in [1.29, 1.82) is 0 Å². The second kappa shape index (κ2) is 4.40. The summed E-state index contributed by atoms with van der Waals surface area (Å²) in [6.07, 6.45) is 0. The van der Waals surface area contributed by atoms with E-state index < -0.39 is 4.45 Å². The molecule has 5 heteroatoms. The fourth-order valence-corrected chi connectivity index (χ4v) is 1.76. The smallest absolute Gasteiger partial charge is 0.263 e. The van der Waals surface area contributed by atoms with Gasteiger partial charge in [0.1, 0.15) is 4.83 Å². The Bertz CT molecular complexity index is 327. The number of halogens is 2. The minimum atomic E-state index is -1.19. The number of hydrogen-bond acceptors (Lipinski definition) is 2. The molecule has 0 spiro atoms. The molecule has 0 bridgehead atoms. The van der Waals surface area contributed by atoms with Crippen LogP contribution < -0.4 is 0 Å². The van der Waals surface area contributed by atoms with Crippen molar-refractivity contribution < 1.29 is 4.92 Å². The minimum absolute atomic E-state index is 0.348. The number of hydrogen-bond donors (Lipinski definition) is 0. The summed E-state index contributed by atoms with van der Waals surface area (Å²) in [7, 11) is 0. The molecule has 3 nitrogen and oxygen atoms in total. The molecule has 0 heterocycles. The Morgan fingerprint density at radius 3 is 2.36 bits per heavy atom. The highest BCUT2D eigenvalue weighted by atomic mass is 79.9. The lowest BCUT2D eigenvalue weighted by Crippen LogP contribution is -2.31. The third-order valence-electron chi connectivity index (χ3n) is 1.91. The zero-order valence-electron chi connectivity index (χ0n) is 7.48. The van der Waals surface area contributed by atoms with Crippen LogP contribution in [0.1, 0.15) is 17.3 Å². The molecule has 0 amide bonds. The average Bonchev–Trinajstić information content (AvgIpc) is 2.17. The van der Waals surface area contributed by atoms with E-state index in [9.17, 15) is 10.1 Å². The van der Waals surface area contributed by atoms with Crippen molar-refractivity contribution in [2.75, 3.05) is 0 Å². The molecule has 1 rings (SSSR count). The largest absolute Gasteiger partial charge is 0.288 e. The van der Waals surface area contributed by atoms with Crippen LogP contribution in [0.4, 0.5) is 0 Å². The fourth-order valence-electron chi connectivity index (χ4n) is 1.02. The van der Waals surface area contributed by atoms with Crippen LogP contribution in [0.3, 0.4) is 0 Å². The summed E-state index contributed by atoms with van der Waals surface area (Å²) < 4.78 is -1.19. The van der Waals surface area contributed by atoms with Crippen LogP contribution in [-0.2, 0) is 0 Å². The van der Waals surface area contributed by atoms with Gasteiger partial charge in [0, 0.05) is 27.8 Å². The normalized spacial score (nSPS) is 17.1. The van der Waals surface area contributed by atoms with Gasteiger partial charge in [-0.05, 0) is 5.56 Å². The first-order valence-corrected chi connectivity index (χ1v) is 5.69. The SMILES string of the molecule is C[C@@](Br)([C@H](Br)c1ccccc1)[N+](=O)[O-]. The average molecular weight is 323 g/mol. The Morgan fingerprint density at radius 1 is 1.43 bits per heavy atom. The Morgan fingerprint density at radius 2 is 1.93 bits per heavy atom. The summed E-state index contributed by atoms with van der Waals surface area (Å²) in [4.78, 5) is 10.1. The maximum Gasteiger partial charge on any atom is 0.288 e. The van der Waals surface area contributed by atoms with E-state index in [2.05, 4.69) is 31.9 Å². The van der Waals surface area contributed by atoms with E-state index >= 15 is 0 Å².